The highest BCUT2D eigenvalue weighted by molar-refractivity contribution is 6.07. The molecule has 0 aliphatic heterocycles. The van der Waals surface area contributed by atoms with Crippen LogP contribution in [-0.2, 0) is 9.53 Å². The van der Waals surface area contributed by atoms with Crippen molar-refractivity contribution in [1.29, 1.82) is 0 Å². The van der Waals surface area contributed by atoms with Crippen molar-refractivity contribution in [3.63, 3.8) is 0 Å². The SMILES string of the molecule is CCOC(=O)/C(O)=C/C(=O)c1ccc(C(C)C)cc1. The van der Waals surface area contributed by atoms with Crippen LogP contribution in [0, 0.1) is 0 Å². The van der Waals surface area contributed by atoms with Crippen molar-refractivity contribution in [2.75, 3.05) is 6.61 Å². The van der Waals surface area contributed by atoms with Crippen LogP contribution >= 0.6 is 0 Å². The summed E-state index contributed by atoms with van der Waals surface area (Å²) >= 11 is 0. The lowest BCUT2D eigenvalue weighted by molar-refractivity contribution is -0.141. The van der Waals surface area contributed by atoms with Gasteiger partial charge in [-0.2, -0.15) is 0 Å². The first kappa shape index (κ1) is 15.0. The minimum Gasteiger partial charge on any atom is -0.502 e. The first-order valence-electron chi connectivity index (χ1n) is 6.17. The molecule has 0 spiro atoms. The predicted octanol–water partition coefficient (Wildman–Crippen LogP) is 3.00. The maximum atomic E-state index is 11.8. The van der Waals surface area contributed by atoms with Crippen molar-refractivity contribution in [3.8, 4) is 0 Å². The van der Waals surface area contributed by atoms with Gasteiger partial charge in [0, 0.05) is 11.6 Å². The minimum atomic E-state index is -0.894. The van der Waals surface area contributed by atoms with Gasteiger partial charge in [-0.3, -0.25) is 4.79 Å². The quantitative estimate of drug-likeness (QED) is 0.383. The predicted molar refractivity (Wildman–Crippen MR) is 72.2 cm³/mol. The molecule has 0 unspecified atom stereocenters. The third kappa shape index (κ3) is 4.25. The molecular weight excluding hydrogens is 244 g/mol. The van der Waals surface area contributed by atoms with Crippen LogP contribution in [-0.4, -0.2) is 23.5 Å². The number of hydrogen-bond acceptors (Lipinski definition) is 4. The molecule has 0 saturated carbocycles. The zero-order valence-electron chi connectivity index (χ0n) is 11.3. The zero-order chi connectivity index (χ0) is 14.4. The molecule has 0 aromatic heterocycles. The number of ether oxygens (including phenoxy) is 1. The number of esters is 1. The van der Waals surface area contributed by atoms with Crippen LogP contribution in [0.25, 0.3) is 0 Å². The second kappa shape index (κ2) is 6.73. The Balaban J connectivity index is 2.83. The summed E-state index contributed by atoms with van der Waals surface area (Å²) < 4.78 is 4.58. The van der Waals surface area contributed by atoms with E-state index in [-0.39, 0.29) is 6.61 Å². The lowest BCUT2D eigenvalue weighted by Gasteiger charge is -2.05. The Morgan fingerprint density at radius 2 is 1.84 bits per heavy atom. The van der Waals surface area contributed by atoms with Gasteiger partial charge in [-0.05, 0) is 18.4 Å². The number of carbonyl (C=O) groups is 2. The van der Waals surface area contributed by atoms with Gasteiger partial charge in [0.2, 0.25) is 5.76 Å². The van der Waals surface area contributed by atoms with Gasteiger partial charge in [0.1, 0.15) is 0 Å². The highest BCUT2D eigenvalue weighted by atomic mass is 16.5. The molecule has 4 nitrogen and oxygen atoms in total. The Morgan fingerprint density at radius 1 is 1.26 bits per heavy atom. The number of benzene rings is 1. The lowest BCUT2D eigenvalue weighted by atomic mass is 10.0. The topological polar surface area (TPSA) is 63.6 Å². The molecule has 1 aromatic rings. The summed E-state index contributed by atoms with van der Waals surface area (Å²) in [6, 6.07) is 7.06. The molecule has 102 valence electrons. The Labute approximate surface area is 112 Å². The van der Waals surface area contributed by atoms with Crippen molar-refractivity contribution >= 4 is 11.8 Å². The third-order valence-corrected chi connectivity index (χ3v) is 2.61. The Morgan fingerprint density at radius 3 is 2.32 bits per heavy atom. The molecule has 1 N–H and O–H groups in total. The van der Waals surface area contributed by atoms with Crippen molar-refractivity contribution in [1.82, 2.24) is 0 Å². The van der Waals surface area contributed by atoms with E-state index >= 15 is 0 Å². The summed E-state index contributed by atoms with van der Waals surface area (Å²) in [5.41, 5.74) is 1.54. The largest absolute Gasteiger partial charge is 0.502 e. The number of carbonyl (C=O) groups excluding carboxylic acids is 2. The van der Waals surface area contributed by atoms with Gasteiger partial charge >= 0.3 is 5.97 Å². The van der Waals surface area contributed by atoms with Gasteiger partial charge in [0.25, 0.3) is 0 Å². The van der Waals surface area contributed by atoms with Crippen LogP contribution < -0.4 is 0 Å². The zero-order valence-corrected chi connectivity index (χ0v) is 11.3. The Bertz CT molecular complexity index is 483. The highest BCUT2D eigenvalue weighted by Crippen LogP contribution is 2.15. The molecule has 0 aliphatic rings. The summed E-state index contributed by atoms with van der Waals surface area (Å²) in [5.74, 6) is -1.62. The number of aliphatic hydroxyl groups is 1. The molecule has 0 bridgehead atoms. The molecule has 19 heavy (non-hydrogen) atoms. The van der Waals surface area contributed by atoms with E-state index in [9.17, 15) is 14.7 Å². The molecule has 0 atom stereocenters. The fraction of sp³-hybridized carbons (Fsp3) is 0.333. The van der Waals surface area contributed by atoms with Crippen LogP contribution in [0.4, 0.5) is 0 Å². The molecule has 0 aliphatic carbocycles. The molecule has 0 heterocycles. The van der Waals surface area contributed by atoms with Gasteiger partial charge in [0.15, 0.2) is 5.78 Å². The number of aliphatic hydroxyl groups excluding tert-OH is 1. The second-order valence-electron chi connectivity index (χ2n) is 4.39. The van der Waals surface area contributed by atoms with Crippen molar-refractivity contribution < 1.29 is 19.4 Å². The average Bonchev–Trinajstić information content (AvgIpc) is 2.38. The Hall–Kier alpha value is -2.10. The number of hydrogen-bond donors (Lipinski definition) is 1. The molecule has 0 fully saturated rings. The molecule has 1 aromatic carbocycles. The van der Waals surface area contributed by atoms with Crippen molar-refractivity contribution in [3.05, 3.63) is 47.2 Å². The number of allylic oxidation sites excluding steroid dienone is 1. The van der Waals surface area contributed by atoms with Gasteiger partial charge in [-0.15, -0.1) is 0 Å². The standard InChI is InChI=1S/C15H18O4/c1-4-19-15(18)14(17)9-13(16)12-7-5-11(6-8-12)10(2)3/h5-10,17H,4H2,1-3H3/b14-9-. The number of rotatable bonds is 5. The van der Waals surface area contributed by atoms with E-state index in [1.807, 2.05) is 12.1 Å². The van der Waals surface area contributed by atoms with E-state index in [1.165, 1.54) is 0 Å². The summed E-state index contributed by atoms with van der Waals surface area (Å²) in [5, 5.41) is 9.39. The average molecular weight is 262 g/mol. The molecule has 0 radical (unpaired) electrons. The van der Waals surface area contributed by atoms with Crippen LogP contribution in [0.2, 0.25) is 0 Å². The summed E-state index contributed by atoms with van der Waals surface area (Å²) in [6.07, 6.45) is 0.877. The maximum Gasteiger partial charge on any atom is 0.373 e. The minimum absolute atomic E-state index is 0.147. The summed E-state index contributed by atoms with van der Waals surface area (Å²) in [7, 11) is 0. The molecule has 4 heteroatoms. The summed E-state index contributed by atoms with van der Waals surface area (Å²) in [4.78, 5) is 23.0. The summed E-state index contributed by atoms with van der Waals surface area (Å²) in [6.45, 7) is 5.89. The first-order chi connectivity index (χ1) is 8.95. The first-order valence-corrected chi connectivity index (χ1v) is 6.17. The highest BCUT2D eigenvalue weighted by Gasteiger charge is 2.12. The monoisotopic (exact) mass is 262 g/mol. The molecule has 0 saturated heterocycles. The van der Waals surface area contributed by atoms with Gasteiger partial charge in [-0.1, -0.05) is 38.1 Å². The van der Waals surface area contributed by atoms with E-state index in [2.05, 4.69) is 18.6 Å². The van der Waals surface area contributed by atoms with Crippen LogP contribution in [0.5, 0.6) is 0 Å². The fourth-order valence-electron chi connectivity index (χ4n) is 1.50. The van der Waals surface area contributed by atoms with Crippen molar-refractivity contribution in [2.45, 2.75) is 26.7 Å². The van der Waals surface area contributed by atoms with Crippen LogP contribution in [0.15, 0.2) is 36.1 Å². The fourth-order valence-corrected chi connectivity index (χ4v) is 1.50. The second-order valence-corrected chi connectivity index (χ2v) is 4.39. The van der Waals surface area contributed by atoms with Gasteiger partial charge < -0.3 is 9.84 Å². The van der Waals surface area contributed by atoms with E-state index in [0.29, 0.717) is 11.5 Å². The lowest BCUT2D eigenvalue weighted by Crippen LogP contribution is -2.09. The number of ketones is 1. The van der Waals surface area contributed by atoms with E-state index in [1.54, 1.807) is 19.1 Å². The smallest absolute Gasteiger partial charge is 0.373 e. The molecule has 0 amide bonds. The van der Waals surface area contributed by atoms with Crippen LogP contribution in [0.3, 0.4) is 0 Å². The normalized spacial score (nSPS) is 11.5. The third-order valence-electron chi connectivity index (χ3n) is 2.61. The maximum absolute atomic E-state index is 11.8. The van der Waals surface area contributed by atoms with E-state index in [4.69, 9.17) is 0 Å². The van der Waals surface area contributed by atoms with Crippen LogP contribution in [0.1, 0.15) is 42.6 Å². The van der Waals surface area contributed by atoms with E-state index in [0.717, 1.165) is 11.6 Å². The van der Waals surface area contributed by atoms with E-state index < -0.39 is 17.5 Å². The Kier molecular flexibility index (Phi) is 5.30. The van der Waals surface area contributed by atoms with Gasteiger partial charge in [0.05, 0.1) is 6.61 Å². The molecule has 1 rings (SSSR count). The molecular formula is C15H18O4. The van der Waals surface area contributed by atoms with Gasteiger partial charge in [-0.25, -0.2) is 4.79 Å². The van der Waals surface area contributed by atoms with Crippen molar-refractivity contribution in [2.24, 2.45) is 0 Å².